The van der Waals surface area contributed by atoms with Gasteiger partial charge in [0.15, 0.2) is 0 Å². The summed E-state index contributed by atoms with van der Waals surface area (Å²) in [6, 6.07) is 19.7. The van der Waals surface area contributed by atoms with Crippen LogP contribution in [0.1, 0.15) is 29.6 Å². The van der Waals surface area contributed by atoms with Gasteiger partial charge in [-0.1, -0.05) is 0 Å². The lowest BCUT2D eigenvalue weighted by atomic mass is 10.1. The number of carbonyl (C=O) groups excluding carboxylic acids is 1. The minimum absolute atomic E-state index is 0.0936. The number of aromatic nitrogens is 2. The molecule has 1 aromatic heterocycles. The van der Waals surface area contributed by atoms with Crippen LogP contribution in [-0.2, 0) is 4.74 Å². The summed E-state index contributed by atoms with van der Waals surface area (Å²) in [5.74, 6) is 1.02. The number of hydrogen-bond acceptors (Lipinski definition) is 6. The Kier molecular flexibility index (Phi) is 9.03. The van der Waals surface area contributed by atoms with Crippen molar-refractivity contribution < 1.29 is 23.4 Å². The van der Waals surface area contributed by atoms with Gasteiger partial charge in [0.05, 0.1) is 37.5 Å². The molecular weight excluding hydrogens is 499 g/mol. The zero-order chi connectivity index (χ0) is 26.9. The van der Waals surface area contributed by atoms with Crippen molar-refractivity contribution in [3.63, 3.8) is 0 Å². The van der Waals surface area contributed by atoms with Gasteiger partial charge in [0, 0.05) is 36.8 Å². The van der Waals surface area contributed by atoms with E-state index in [1.54, 1.807) is 18.5 Å². The van der Waals surface area contributed by atoms with E-state index in [1.165, 1.54) is 12.1 Å². The highest BCUT2D eigenvalue weighted by atomic mass is 19.1. The Labute approximate surface area is 227 Å². The number of imidazole rings is 1. The minimum Gasteiger partial charge on any atom is -0.493 e. The number of nitrogens with zero attached hydrogens (tertiary/aromatic N) is 2. The number of benzene rings is 3. The van der Waals surface area contributed by atoms with Crippen molar-refractivity contribution in [1.82, 2.24) is 20.2 Å². The first kappa shape index (κ1) is 26.6. The summed E-state index contributed by atoms with van der Waals surface area (Å²) in [4.78, 5) is 17.2. The summed E-state index contributed by atoms with van der Waals surface area (Å²) in [5.41, 5.74) is 3.22. The number of hydrogen-bond donors (Lipinski definition) is 2. The van der Waals surface area contributed by atoms with E-state index in [2.05, 4.69) is 15.6 Å². The SMILES string of the molecule is O=C(NCCCC1COCCN1)c1ccc2c(c1)ncn2-c1ccc(OCCCOc2ccc(F)cc2)cc1. The first-order chi connectivity index (χ1) is 19.2. The molecule has 3 aromatic carbocycles. The molecule has 4 aromatic rings. The molecule has 0 aliphatic carbocycles. The third-order valence-electron chi connectivity index (χ3n) is 6.58. The normalized spacial score (nSPS) is 15.3. The predicted molar refractivity (Wildman–Crippen MR) is 147 cm³/mol. The van der Waals surface area contributed by atoms with E-state index >= 15 is 0 Å². The van der Waals surface area contributed by atoms with Crippen LogP contribution in [0.25, 0.3) is 16.7 Å². The number of nitrogens with one attached hydrogen (secondary N) is 2. The number of ether oxygens (including phenoxy) is 3. The van der Waals surface area contributed by atoms with Crippen molar-refractivity contribution in [3.05, 3.63) is 84.4 Å². The monoisotopic (exact) mass is 532 g/mol. The molecule has 0 spiro atoms. The predicted octanol–water partition coefficient (Wildman–Crippen LogP) is 4.51. The third kappa shape index (κ3) is 7.34. The van der Waals surface area contributed by atoms with Gasteiger partial charge in [-0.15, -0.1) is 0 Å². The highest BCUT2D eigenvalue weighted by molar-refractivity contribution is 5.97. The second kappa shape index (κ2) is 13.2. The molecular formula is C30H33FN4O4. The summed E-state index contributed by atoms with van der Waals surface area (Å²) < 4.78 is 31.8. The lowest BCUT2D eigenvalue weighted by molar-refractivity contribution is 0.0734. The number of halogens is 1. The molecule has 39 heavy (non-hydrogen) atoms. The molecule has 1 unspecified atom stereocenters. The van der Waals surface area contributed by atoms with Crippen molar-refractivity contribution in [3.8, 4) is 17.2 Å². The first-order valence-electron chi connectivity index (χ1n) is 13.3. The smallest absolute Gasteiger partial charge is 0.251 e. The van der Waals surface area contributed by atoms with Crippen LogP contribution >= 0.6 is 0 Å². The van der Waals surface area contributed by atoms with Crippen LogP contribution in [0, 0.1) is 5.82 Å². The molecule has 1 aliphatic rings. The largest absolute Gasteiger partial charge is 0.493 e. The van der Waals surface area contributed by atoms with E-state index in [4.69, 9.17) is 14.2 Å². The maximum atomic E-state index is 13.0. The molecule has 1 fully saturated rings. The molecule has 1 atom stereocenters. The van der Waals surface area contributed by atoms with E-state index in [0.29, 0.717) is 43.5 Å². The number of rotatable bonds is 12. The highest BCUT2D eigenvalue weighted by Crippen LogP contribution is 2.22. The fourth-order valence-corrected chi connectivity index (χ4v) is 4.49. The highest BCUT2D eigenvalue weighted by Gasteiger charge is 2.13. The molecule has 8 nitrogen and oxygen atoms in total. The summed E-state index contributed by atoms with van der Waals surface area (Å²) >= 11 is 0. The standard InChI is InChI=1S/C30H33FN4O4/c31-23-5-9-26(10-6-23)38-16-2-17-39-27-11-7-25(8-12-27)35-21-34-28-19-22(4-13-29(28)35)30(36)33-14-1-3-24-20-37-18-15-32-24/h4-13,19,21,24,32H,1-3,14-18,20H2,(H,33,36). The van der Waals surface area contributed by atoms with Gasteiger partial charge in [-0.2, -0.15) is 0 Å². The Bertz CT molecular complexity index is 1350. The molecule has 1 amide bonds. The molecule has 9 heteroatoms. The van der Waals surface area contributed by atoms with E-state index < -0.39 is 0 Å². The van der Waals surface area contributed by atoms with Gasteiger partial charge in [0.1, 0.15) is 23.6 Å². The maximum absolute atomic E-state index is 13.0. The van der Waals surface area contributed by atoms with Gasteiger partial charge in [-0.05, 0) is 79.6 Å². The summed E-state index contributed by atoms with van der Waals surface area (Å²) in [6.07, 6.45) is 4.33. The van der Waals surface area contributed by atoms with Crippen molar-refractivity contribution in [2.24, 2.45) is 0 Å². The van der Waals surface area contributed by atoms with Crippen LogP contribution in [0.2, 0.25) is 0 Å². The van der Waals surface area contributed by atoms with Crippen molar-refractivity contribution >= 4 is 16.9 Å². The molecule has 2 N–H and O–H groups in total. The summed E-state index contributed by atoms with van der Waals surface area (Å²) in [5, 5.41) is 6.43. The molecule has 1 aliphatic heterocycles. The van der Waals surface area contributed by atoms with Gasteiger partial charge in [-0.3, -0.25) is 9.36 Å². The average molecular weight is 533 g/mol. The van der Waals surface area contributed by atoms with Crippen LogP contribution in [0.15, 0.2) is 73.1 Å². The lowest BCUT2D eigenvalue weighted by Gasteiger charge is -2.23. The topological polar surface area (TPSA) is 86.6 Å². The number of morpholine rings is 1. The van der Waals surface area contributed by atoms with E-state index in [-0.39, 0.29) is 11.7 Å². The number of fused-ring (bicyclic) bond motifs is 1. The molecule has 0 bridgehead atoms. The van der Waals surface area contributed by atoms with Gasteiger partial charge < -0.3 is 24.8 Å². The molecule has 2 heterocycles. The number of carbonyl (C=O) groups is 1. The van der Waals surface area contributed by atoms with Crippen LogP contribution < -0.4 is 20.1 Å². The fourth-order valence-electron chi connectivity index (χ4n) is 4.49. The van der Waals surface area contributed by atoms with Crippen molar-refractivity contribution in [2.75, 3.05) is 39.5 Å². The fraction of sp³-hybridized carbons (Fsp3) is 0.333. The van der Waals surface area contributed by atoms with E-state index in [1.807, 2.05) is 47.0 Å². The van der Waals surface area contributed by atoms with Crippen molar-refractivity contribution in [2.45, 2.75) is 25.3 Å². The Hall–Kier alpha value is -3.95. The van der Waals surface area contributed by atoms with Crippen LogP contribution in [0.3, 0.4) is 0 Å². The quantitative estimate of drug-likeness (QED) is 0.261. The Morgan fingerprint density at radius 3 is 2.49 bits per heavy atom. The van der Waals surface area contributed by atoms with E-state index in [9.17, 15) is 9.18 Å². The van der Waals surface area contributed by atoms with Gasteiger partial charge in [-0.25, -0.2) is 9.37 Å². The summed E-state index contributed by atoms with van der Waals surface area (Å²) in [6.45, 7) is 4.00. The third-order valence-corrected chi connectivity index (χ3v) is 6.58. The van der Waals surface area contributed by atoms with Gasteiger partial charge in [0.25, 0.3) is 5.91 Å². The van der Waals surface area contributed by atoms with Crippen LogP contribution in [0.4, 0.5) is 4.39 Å². The molecule has 0 saturated carbocycles. The Morgan fingerprint density at radius 2 is 1.77 bits per heavy atom. The molecule has 5 rings (SSSR count). The van der Waals surface area contributed by atoms with Gasteiger partial charge >= 0.3 is 0 Å². The van der Waals surface area contributed by atoms with Crippen LogP contribution in [-0.4, -0.2) is 61.0 Å². The second-order valence-electron chi connectivity index (χ2n) is 9.44. The van der Waals surface area contributed by atoms with E-state index in [0.717, 1.165) is 55.1 Å². The zero-order valence-electron chi connectivity index (χ0n) is 21.8. The molecule has 1 saturated heterocycles. The summed E-state index contributed by atoms with van der Waals surface area (Å²) in [7, 11) is 0. The maximum Gasteiger partial charge on any atom is 0.251 e. The van der Waals surface area contributed by atoms with Crippen molar-refractivity contribution in [1.29, 1.82) is 0 Å². The second-order valence-corrected chi connectivity index (χ2v) is 9.44. The lowest BCUT2D eigenvalue weighted by Crippen LogP contribution is -2.41. The Balaban J connectivity index is 1.09. The Morgan fingerprint density at radius 1 is 1.03 bits per heavy atom. The average Bonchev–Trinajstić information content (AvgIpc) is 3.40. The first-order valence-corrected chi connectivity index (χ1v) is 13.3. The van der Waals surface area contributed by atoms with Gasteiger partial charge in [0.2, 0.25) is 0 Å². The molecule has 204 valence electrons. The minimum atomic E-state index is -0.282. The zero-order valence-corrected chi connectivity index (χ0v) is 21.8. The molecule has 0 radical (unpaired) electrons. The number of amides is 1. The van der Waals surface area contributed by atoms with Crippen LogP contribution in [0.5, 0.6) is 11.5 Å².